The van der Waals surface area contributed by atoms with Crippen molar-refractivity contribution in [2.24, 2.45) is 0 Å². The van der Waals surface area contributed by atoms with Gasteiger partial charge in [0.25, 0.3) is 5.91 Å². The van der Waals surface area contributed by atoms with Crippen LogP contribution in [0.15, 0.2) is 48.5 Å². The smallest absolute Gasteiger partial charge is 0.261 e. The average Bonchev–Trinajstić information content (AvgIpc) is 2.63. The van der Waals surface area contributed by atoms with E-state index >= 15 is 0 Å². The Balaban J connectivity index is 1.73. The molecule has 2 aromatic carbocycles. The van der Waals surface area contributed by atoms with E-state index in [4.69, 9.17) is 4.74 Å². The van der Waals surface area contributed by atoms with Crippen LogP contribution in [0.3, 0.4) is 0 Å². The van der Waals surface area contributed by atoms with Gasteiger partial charge in [0.05, 0.1) is 6.04 Å². The van der Waals surface area contributed by atoms with Crippen molar-refractivity contribution in [3.63, 3.8) is 0 Å². The topological polar surface area (TPSA) is 58.6 Å². The molecule has 1 fully saturated rings. The number of aryl methyl sites for hydroxylation is 1. The molecule has 1 aliphatic rings. The fourth-order valence-corrected chi connectivity index (χ4v) is 2.82. The highest BCUT2D eigenvalue weighted by molar-refractivity contribution is 5.87. The minimum absolute atomic E-state index is 0.0334. The predicted octanol–water partition coefficient (Wildman–Crippen LogP) is 2.21. The van der Waals surface area contributed by atoms with Crippen LogP contribution in [-0.2, 0) is 9.59 Å². The number of nitrogens with zero attached hydrogens (tertiary/aromatic N) is 1. The number of piperazine rings is 1. The Morgan fingerprint density at radius 3 is 2.80 bits per heavy atom. The highest BCUT2D eigenvalue weighted by Crippen LogP contribution is 2.23. The predicted molar refractivity (Wildman–Crippen MR) is 90.5 cm³/mol. The summed E-state index contributed by atoms with van der Waals surface area (Å²) in [6.45, 7) is 1.79. The van der Waals surface area contributed by atoms with Crippen LogP contribution in [0.25, 0.3) is 0 Å². The van der Waals surface area contributed by atoms with Crippen LogP contribution in [0.4, 0.5) is 4.39 Å². The summed E-state index contributed by atoms with van der Waals surface area (Å²) < 4.78 is 19.1. The number of nitrogens with one attached hydrogen (secondary N) is 1. The van der Waals surface area contributed by atoms with E-state index in [1.807, 2.05) is 37.3 Å². The molecular weight excluding hydrogens is 323 g/mol. The second kappa shape index (κ2) is 7.34. The molecule has 2 amide bonds. The van der Waals surface area contributed by atoms with Gasteiger partial charge < -0.3 is 15.0 Å². The van der Waals surface area contributed by atoms with Gasteiger partial charge in [-0.2, -0.15) is 0 Å². The van der Waals surface area contributed by atoms with Crippen LogP contribution in [0.5, 0.6) is 5.75 Å². The Hall–Kier alpha value is -2.89. The molecule has 1 saturated heterocycles. The van der Waals surface area contributed by atoms with Gasteiger partial charge in [0.15, 0.2) is 18.2 Å². The molecule has 25 heavy (non-hydrogen) atoms. The lowest BCUT2D eigenvalue weighted by Crippen LogP contribution is -2.53. The number of rotatable bonds is 4. The Labute approximate surface area is 145 Å². The molecule has 130 valence electrons. The van der Waals surface area contributed by atoms with Crippen molar-refractivity contribution in [3.05, 3.63) is 65.5 Å². The Morgan fingerprint density at radius 1 is 1.28 bits per heavy atom. The lowest BCUT2D eigenvalue weighted by molar-refractivity contribution is -0.143. The van der Waals surface area contributed by atoms with Gasteiger partial charge in [-0.15, -0.1) is 0 Å². The quantitative estimate of drug-likeness (QED) is 0.927. The molecule has 0 aromatic heterocycles. The van der Waals surface area contributed by atoms with Crippen LogP contribution in [0.2, 0.25) is 0 Å². The van der Waals surface area contributed by atoms with Crippen molar-refractivity contribution in [2.45, 2.75) is 13.0 Å². The van der Waals surface area contributed by atoms with Crippen LogP contribution in [0, 0.1) is 12.7 Å². The summed E-state index contributed by atoms with van der Waals surface area (Å²) in [4.78, 5) is 25.8. The molecule has 1 atom stereocenters. The van der Waals surface area contributed by atoms with Crippen molar-refractivity contribution in [2.75, 3.05) is 19.7 Å². The van der Waals surface area contributed by atoms with Crippen LogP contribution in [0.1, 0.15) is 17.2 Å². The maximum atomic E-state index is 13.8. The first-order valence-electron chi connectivity index (χ1n) is 8.04. The van der Waals surface area contributed by atoms with Crippen molar-refractivity contribution >= 4 is 11.8 Å². The standard InChI is InChI=1S/C19H19FN2O3/c1-13-7-8-15(20)17(9-13)25-12-19(24)22-11-18(23)21-10-16(22)14-5-3-2-4-6-14/h2-9,16H,10-12H2,1H3,(H,21,23). The molecule has 5 nitrogen and oxygen atoms in total. The van der Waals surface area contributed by atoms with Gasteiger partial charge in [0, 0.05) is 6.54 Å². The summed E-state index contributed by atoms with van der Waals surface area (Å²) in [7, 11) is 0. The van der Waals surface area contributed by atoms with Gasteiger partial charge in [0.2, 0.25) is 5.91 Å². The minimum atomic E-state index is -0.519. The number of benzene rings is 2. The van der Waals surface area contributed by atoms with Crippen molar-refractivity contribution in [3.8, 4) is 5.75 Å². The van der Waals surface area contributed by atoms with Gasteiger partial charge >= 0.3 is 0 Å². The molecule has 1 unspecified atom stereocenters. The molecular formula is C19H19FN2O3. The fourth-order valence-electron chi connectivity index (χ4n) is 2.82. The average molecular weight is 342 g/mol. The summed E-state index contributed by atoms with van der Waals surface area (Å²) in [5.74, 6) is -1.06. The molecule has 1 aliphatic heterocycles. The zero-order valence-electron chi connectivity index (χ0n) is 13.9. The summed E-state index contributed by atoms with van der Waals surface area (Å²) in [5, 5.41) is 2.77. The molecule has 1 heterocycles. The van der Waals surface area contributed by atoms with Crippen LogP contribution >= 0.6 is 0 Å². The van der Waals surface area contributed by atoms with E-state index in [2.05, 4.69) is 5.32 Å². The zero-order chi connectivity index (χ0) is 17.8. The summed E-state index contributed by atoms with van der Waals surface area (Å²) in [5.41, 5.74) is 1.76. The summed E-state index contributed by atoms with van der Waals surface area (Å²) >= 11 is 0. The van der Waals surface area contributed by atoms with E-state index in [9.17, 15) is 14.0 Å². The van der Waals surface area contributed by atoms with E-state index in [0.29, 0.717) is 6.54 Å². The van der Waals surface area contributed by atoms with E-state index in [1.54, 1.807) is 12.1 Å². The molecule has 6 heteroatoms. The third-order valence-corrected chi connectivity index (χ3v) is 4.13. The third-order valence-electron chi connectivity index (χ3n) is 4.13. The number of ether oxygens (including phenoxy) is 1. The van der Waals surface area contributed by atoms with Crippen molar-refractivity contribution in [1.82, 2.24) is 10.2 Å². The molecule has 0 spiro atoms. The largest absolute Gasteiger partial charge is 0.481 e. The molecule has 1 N–H and O–H groups in total. The lowest BCUT2D eigenvalue weighted by Gasteiger charge is -2.35. The number of halogens is 1. The number of amides is 2. The van der Waals surface area contributed by atoms with Crippen molar-refractivity contribution in [1.29, 1.82) is 0 Å². The van der Waals surface area contributed by atoms with E-state index < -0.39 is 5.82 Å². The molecule has 2 aromatic rings. The number of carbonyl (C=O) groups excluding carboxylic acids is 2. The number of hydrogen-bond acceptors (Lipinski definition) is 3. The molecule has 0 saturated carbocycles. The molecule has 0 bridgehead atoms. The summed E-state index contributed by atoms with van der Waals surface area (Å²) in [6.07, 6.45) is 0. The van der Waals surface area contributed by atoms with Gasteiger partial charge in [0.1, 0.15) is 6.54 Å². The Bertz CT molecular complexity index is 779. The summed E-state index contributed by atoms with van der Waals surface area (Å²) in [6, 6.07) is 13.7. The zero-order valence-corrected chi connectivity index (χ0v) is 13.9. The fraction of sp³-hybridized carbons (Fsp3) is 0.263. The van der Waals surface area contributed by atoms with Gasteiger partial charge in [-0.1, -0.05) is 36.4 Å². The van der Waals surface area contributed by atoms with Gasteiger partial charge in [-0.05, 0) is 30.2 Å². The second-order valence-corrected chi connectivity index (χ2v) is 5.97. The van der Waals surface area contributed by atoms with Crippen LogP contribution in [-0.4, -0.2) is 36.4 Å². The normalized spacial score (nSPS) is 17.1. The lowest BCUT2D eigenvalue weighted by atomic mass is 10.0. The van der Waals surface area contributed by atoms with E-state index in [-0.39, 0.29) is 36.8 Å². The van der Waals surface area contributed by atoms with Gasteiger partial charge in [-0.25, -0.2) is 4.39 Å². The van der Waals surface area contributed by atoms with Crippen LogP contribution < -0.4 is 10.1 Å². The monoisotopic (exact) mass is 342 g/mol. The van der Waals surface area contributed by atoms with E-state index in [0.717, 1.165) is 11.1 Å². The SMILES string of the molecule is Cc1ccc(F)c(OCC(=O)N2CC(=O)NCC2c2ccccc2)c1. The molecule has 3 rings (SSSR count). The molecule has 0 radical (unpaired) electrons. The maximum absolute atomic E-state index is 13.8. The highest BCUT2D eigenvalue weighted by atomic mass is 19.1. The highest BCUT2D eigenvalue weighted by Gasteiger charge is 2.31. The van der Waals surface area contributed by atoms with Gasteiger partial charge in [-0.3, -0.25) is 9.59 Å². The van der Waals surface area contributed by atoms with Crippen molar-refractivity contribution < 1.29 is 18.7 Å². The first-order valence-corrected chi connectivity index (χ1v) is 8.04. The first-order chi connectivity index (χ1) is 12.0. The number of carbonyl (C=O) groups is 2. The minimum Gasteiger partial charge on any atom is -0.481 e. The van der Waals surface area contributed by atoms with E-state index in [1.165, 1.54) is 11.0 Å². The third kappa shape index (κ3) is 3.96. The number of hydrogen-bond donors (Lipinski definition) is 1. The Kier molecular flexibility index (Phi) is 4.97. The first kappa shape index (κ1) is 17.0. The molecule has 0 aliphatic carbocycles. The maximum Gasteiger partial charge on any atom is 0.261 e. The second-order valence-electron chi connectivity index (χ2n) is 5.97. The Morgan fingerprint density at radius 2 is 2.04 bits per heavy atom.